The molecule has 0 fully saturated rings. The van der Waals surface area contributed by atoms with Crippen molar-refractivity contribution in [2.75, 3.05) is 13.1 Å². The Morgan fingerprint density at radius 3 is 2.93 bits per heavy atom. The zero-order valence-electron chi connectivity index (χ0n) is 7.57. The van der Waals surface area contributed by atoms with Gasteiger partial charge in [-0.05, 0) is 40.5 Å². The molecule has 74 valence electrons. The van der Waals surface area contributed by atoms with Crippen LogP contribution in [0.5, 0.6) is 0 Å². The van der Waals surface area contributed by atoms with Crippen molar-refractivity contribution >= 4 is 39.8 Å². The van der Waals surface area contributed by atoms with Crippen LogP contribution in [0, 0.1) is 3.57 Å². The summed E-state index contributed by atoms with van der Waals surface area (Å²) < 4.78 is 1.06. The smallest absolute Gasteiger partial charge is 0.265 e. The second kappa shape index (κ2) is 4.44. The molecule has 2 heterocycles. The Balaban J connectivity index is 2.16. The van der Waals surface area contributed by atoms with E-state index in [1.165, 1.54) is 11.3 Å². The van der Waals surface area contributed by atoms with Gasteiger partial charge in [0, 0.05) is 16.7 Å². The zero-order chi connectivity index (χ0) is 9.97. The van der Waals surface area contributed by atoms with Crippen molar-refractivity contribution in [1.82, 2.24) is 4.90 Å². The Morgan fingerprint density at radius 1 is 1.50 bits per heavy atom. The van der Waals surface area contributed by atoms with Gasteiger partial charge in [-0.15, -0.1) is 11.3 Å². The van der Waals surface area contributed by atoms with Gasteiger partial charge in [-0.25, -0.2) is 0 Å². The molecule has 4 heteroatoms. The molecule has 0 radical (unpaired) electrons. The van der Waals surface area contributed by atoms with Crippen molar-refractivity contribution in [3.63, 3.8) is 0 Å². The van der Waals surface area contributed by atoms with Crippen LogP contribution in [-0.2, 0) is 0 Å². The molecule has 2 nitrogen and oxygen atoms in total. The van der Waals surface area contributed by atoms with E-state index in [1.54, 1.807) is 0 Å². The number of carbonyl (C=O) groups excluding carboxylic acids is 1. The van der Waals surface area contributed by atoms with E-state index in [-0.39, 0.29) is 5.91 Å². The molecule has 0 bridgehead atoms. The average Bonchev–Trinajstić information content (AvgIpc) is 2.65. The quantitative estimate of drug-likeness (QED) is 0.576. The Kier molecular flexibility index (Phi) is 3.22. The first-order valence-corrected chi connectivity index (χ1v) is 6.42. The average molecular weight is 319 g/mol. The predicted octanol–water partition coefficient (Wildman–Crippen LogP) is 2.75. The minimum Gasteiger partial charge on any atom is -0.334 e. The third-order valence-electron chi connectivity index (χ3n) is 2.16. The highest BCUT2D eigenvalue weighted by molar-refractivity contribution is 14.1. The summed E-state index contributed by atoms with van der Waals surface area (Å²) in [7, 11) is 0. The maximum absolute atomic E-state index is 12.0. The van der Waals surface area contributed by atoms with Crippen molar-refractivity contribution < 1.29 is 4.79 Å². The van der Waals surface area contributed by atoms with Crippen LogP contribution in [0.25, 0.3) is 0 Å². The van der Waals surface area contributed by atoms with Crippen molar-refractivity contribution in [2.45, 2.75) is 6.42 Å². The van der Waals surface area contributed by atoms with E-state index in [0.717, 1.165) is 28.0 Å². The van der Waals surface area contributed by atoms with Crippen molar-refractivity contribution in [3.05, 3.63) is 32.0 Å². The van der Waals surface area contributed by atoms with E-state index in [4.69, 9.17) is 0 Å². The summed E-state index contributed by atoms with van der Waals surface area (Å²) >= 11 is 3.74. The molecule has 1 aromatic rings. The highest BCUT2D eigenvalue weighted by Crippen LogP contribution is 2.21. The van der Waals surface area contributed by atoms with Crippen LogP contribution < -0.4 is 0 Å². The molecule has 0 aromatic carbocycles. The number of carbonyl (C=O) groups is 1. The Bertz CT molecular complexity index is 372. The summed E-state index contributed by atoms with van der Waals surface area (Å²) in [5.74, 6) is 0.175. The molecule has 1 aliphatic rings. The third kappa shape index (κ3) is 2.00. The molecular formula is C10H10INOS. The fraction of sp³-hybridized carbons (Fsp3) is 0.300. The molecule has 0 saturated carbocycles. The summed E-state index contributed by atoms with van der Waals surface area (Å²) in [5, 5.41) is 1.97. The molecule has 1 aromatic heterocycles. The normalized spacial score (nSPS) is 15.9. The number of hydrogen-bond acceptors (Lipinski definition) is 2. The minimum absolute atomic E-state index is 0.175. The van der Waals surface area contributed by atoms with Gasteiger partial charge in [-0.2, -0.15) is 0 Å². The van der Waals surface area contributed by atoms with E-state index < -0.39 is 0 Å². The van der Waals surface area contributed by atoms with Crippen LogP contribution in [0.1, 0.15) is 16.1 Å². The third-order valence-corrected chi connectivity index (χ3v) is 4.32. The standard InChI is InChI=1S/C10H10INOS/c11-8-4-7-14-9(8)10(13)12-5-2-1-3-6-12/h1-2,4,7H,3,5-6H2. The summed E-state index contributed by atoms with van der Waals surface area (Å²) in [6.07, 6.45) is 5.17. The molecule has 0 aliphatic carbocycles. The lowest BCUT2D eigenvalue weighted by Gasteiger charge is -2.22. The predicted molar refractivity (Wildman–Crippen MR) is 66.7 cm³/mol. The molecule has 2 rings (SSSR count). The first kappa shape index (κ1) is 10.2. The molecule has 0 saturated heterocycles. The van der Waals surface area contributed by atoms with E-state index in [1.807, 2.05) is 16.3 Å². The lowest BCUT2D eigenvalue weighted by molar-refractivity contribution is 0.0775. The number of hydrogen-bond donors (Lipinski definition) is 0. The lowest BCUT2D eigenvalue weighted by Crippen LogP contribution is -2.33. The van der Waals surface area contributed by atoms with Crippen LogP contribution in [0.2, 0.25) is 0 Å². The van der Waals surface area contributed by atoms with Crippen LogP contribution in [0.15, 0.2) is 23.6 Å². The summed E-state index contributed by atoms with van der Waals surface area (Å²) in [6, 6.07) is 1.98. The topological polar surface area (TPSA) is 20.3 Å². The van der Waals surface area contributed by atoms with E-state index in [0.29, 0.717) is 0 Å². The Hall–Kier alpha value is -0.360. The molecular weight excluding hydrogens is 309 g/mol. The second-order valence-electron chi connectivity index (χ2n) is 3.11. The number of rotatable bonds is 1. The molecule has 14 heavy (non-hydrogen) atoms. The highest BCUT2D eigenvalue weighted by atomic mass is 127. The maximum atomic E-state index is 12.0. The molecule has 0 N–H and O–H groups in total. The molecule has 0 unspecified atom stereocenters. The number of thiophene rings is 1. The van der Waals surface area contributed by atoms with Gasteiger partial charge in [0.1, 0.15) is 4.88 Å². The van der Waals surface area contributed by atoms with E-state index in [2.05, 4.69) is 34.7 Å². The maximum Gasteiger partial charge on any atom is 0.265 e. The second-order valence-corrected chi connectivity index (χ2v) is 5.19. The SMILES string of the molecule is O=C(c1sccc1I)N1CC=CCC1. The largest absolute Gasteiger partial charge is 0.334 e. The first-order valence-electron chi connectivity index (χ1n) is 4.46. The van der Waals surface area contributed by atoms with Crippen LogP contribution in [0.4, 0.5) is 0 Å². The van der Waals surface area contributed by atoms with Gasteiger partial charge in [-0.1, -0.05) is 12.2 Å². The van der Waals surface area contributed by atoms with E-state index in [9.17, 15) is 4.79 Å². The van der Waals surface area contributed by atoms with Crippen LogP contribution in [-0.4, -0.2) is 23.9 Å². The van der Waals surface area contributed by atoms with Gasteiger partial charge in [-0.3, -0.25) is 4.79 Å². The number of nitrogens with zero attached hydrogens (tertiary/aromatic N) is 1. The van der Waals surface area contributed by atoms with Gasteiger partial charge in [0.2, 0.25) is 0 Å². The lowest BCUT2D eigenvalue weighted by atomic mass is 10.2. The van der Waals surface area contributed by atoms with Crippen molar-refractivity contribution in [2.24, 2.45) is 0 Å². The summed E-state index contributed by atoms with van der Waals surface area (Å²) in [6.45, 7) is 1.61. The fourth-order valence-corrected chi connectivity index (χ4v) is 3.20. The highest BCUT2D eigenvalue weighted by Gasteiger charge is 2.18. The minimum atomic E-state index is 0.175. The van der Waals surface area contributed by atoms with Crippen molar-refractivity contribution in [3.8, 4) is 0 Å². The monoisotopic (exact) mass is 319 g/mol. The molecule has 1 amide bonds. The van der Waals surface area contributed by atoms with Gasteiger partial charge in [0.15, 0.2) is 0 Å². The summed E-state index contributed by atoms with van der Waals surface area (Å²) in [4.78, 5) is 14.8. The Labute approximate surface area is 101 Å². The van der Waals surface area contributed by atoms with E-state index >= 15 is 0 Å². The first-order chi connectivity index (χ1) is 6.79. The fourth-order valence-electron chi connectivity index (χ4n) is 1.42. The summed E-state index contributed by atoms with van der Waals surface area (Å²) in [5.41, 5.74) is 0. The van der Waals surface area contributed by atoms with Gasteiger partial charge in [0.05, 0.1) is 0 Å². The van der Waals surface area contributed by atoms with Gasteiger partial charge < -0.3 is 4.90 Å². The Morgan fingerprint density at radius 2 is 2.36 bits per heavy atom. The van der Waals surface area contributed by atoms with Gasteiger partial charge >= 0.3 is 0 Å². The molecule has 1 aliphatic heterocycles. The molecule has 0 atom stereocenters. The number of halogens is 1. The van der Waals surface area contributed by atoms with Crippen molar-refractivity contribution in [1.29, 1.82) is 0 Å². The zero-order valence-corrected chi connectivity index (χ0v) is 10.5. The van der Waals surface area contributed by atoms with Crippen LogP contribution in [0.3, 0.4) is 0 Å². The molecule has 0 spiro atoms. The van der Waals surface area contributed by atoms with Crippen LogP contribution >= 0.6 is 33.9 Å². The number of amides is 1. The van der Waals surface area contributed by atoms with Gasteiger partial charge in [0.25, 0.3) is 5.91 Å².